The van der Waals surface area contributed by atoms with Crippen molar-refractivity contribution < 1.29 is 14.3 Å². The van der Waals surface area contributed by atoms with Crippen LogP contribution in [0.3, 0.4) is 0 Å². The molecule has 4 aliphatic carbocycles. The standard InChI is InChI=1S/C20H30O3/c1-12(21)23-19-8-7-18-17-5-3-13-11-14(22)4-6-15(13)16(17)9-10-20(18,19)2/h13,15-19H,3-11H2,1-2H3/t13-,15+,16+,17-,18-,19-,20-/m1/s1. The smallest absolute Gasteiger partial charge is 0.302 e. The number of ketones is 1. The Morgan fingerprint density at radius 3 is 2.65 bits per heavy atom. The Balaban J connectivity index is 1.53. The number of rotatable bonds is 1. The Bertz CT molecular complexity index is 513. The lowest BCUT2D eigenvalue weighted by atomic mass is 9.50. The van der Waals surface area contributed by atoms with Crippen LogP contribution >= 0.6 is 0 Å². The molecule has 0 aliphatic heterocycles. The second kappa shape index (κ2) is 5.60. The topological polar surface area (TPSA) is 43.4 Å². The van der Waals surface area contributed by atoms with Gasteiger partial charge in [-0.1, -0.05) is 6.92 Å². The van der Waals surface area contributed by atoms with Crippen LogP contribution in [-0.2, 0) is 14.3 Å². The van der Waals surface area contributed by atoms with E-state index in [4.69, 9.17) is 4.74 Å². The van der Waals surface area contributed by atoms with Crippen molar-refractivity contribution in [2.75, 3.05) is 0 Å². The molecule has 0 heterocycles. The lowest BCUT2D eigenvalue weighted by Gasteiger charge is -2.55. The summed E-state index contributed by atoms with van der Waals surface area (Å²) in [5.41, 5.74) is 0.199. The van der Waals surface area contributed by atoms with Crippen LogP contribution in [0.2, 0.25) is 0 Å². The van der Waals surface area contributed by atoms with E-state index in [0.29, 0.717) is 11.7 Å². The van der Waals surface area contributed by atoms with Crippen molar-refractivity contribution in [3.8, 4) is 0 Å². The highest BCUT2D eigenvalue weighted by molar-refractivity contribution is 5.79. The van der Waals surface area contributed by atoms with Gasteiger partial charge in [0, 0.05) is 25.2 Å². The highest BCUT2D eigenvalue weighted by Gasteiger charge is 2.58. The third-order valence-corrected chi connectivity index (χ3v) is 7.99. The van der Waals surface area contributed by atoms with Crippen molar-refractivity contribution >= 4 is 11.8 Å². The zero-order valence-electron chi connectivity index (χ0n) is 14.6. The van der Waals surface area contributed by atoms with Crippen LogP contribution in [-0.4, -0.2) is 17.9 Å². The van der Waals surface area contributed by atoms with Crippen LogP contribution in [0.1, 0.15) is 71.6 Å². The number of hydrogen-bond donors (Lipinski definition) is 0. The van der Waals surface area contributed by atoms with Gasteiger partial charge in [0.2, 0.25) is 0 Å². The van der Waals surface area contributed by atoms with Crippen LogP contribution in [0.15, 0.2) is 0 Å². The van der Waals surface area contributed by atoms with E-state index in [1.807, 2.05) is 0 Å². The predicted molar refractivity (Wildman–Crippen MR) is 87.7 cm³/mol. The second-order valence-electron chi connectivity index (χ2n) is 8.94. The first-order chi connectivity index (χ1) is 11.0. The average molecular weight is 318 g/mol. The Morgan fingerprint density at radius 2 is 1.87 bits per heavy atom. The molecule has 0 saturated heterocycles. The zero-order chi connectivity index (χ0) is 16.2. The molecule has 0 spiro atoms. The maximum Gasteiger partial charge on any atom is 0.302 e. The van der Waals surface area contributed by atoms with Crippen LogP contribution < -0.4 is 0 Å². The van der Waals surface area contributed by atoms with E-state index in [9.17, 15) is 9.59 Å². The highest BCUT2D eigenvalue weighted by Crippen LogP contribution is 2.62. The molecule has 4 aliphatic rings. The summed E-state index contributed by atoms with van der Waals surface area (Å²) < 4.78 is 5.70. The fourth-order valence-electron chi connectivity index (χ4n) is 7.01. The van der Waals surface area contributed by atoms with Crippen molar-refractivity contribution in [2.45, 2.75) is 77.7 Å². The van der Waals surface area contributed by atoms with Gasteiger partial charge in [-0.3, -0.25) is 9.59 Å². The molecule has 0 radical (unpaired) electrons. The summed E-state index contributed by atoms with van der Waals surface area (Å²) in [6, 6.07) is 0. The van der Waals surface area contributed by atoms with Crippen molar-refractivity contribution in [3.05, 3.63) is 0 Å². The number of carbonyl (C=O) groups excluding carboxylic acids is 2. The van der Waals surface area contributed by atoms with Gasteiger partial charge < -0.3 is 4.74 Å². The van der Waals surface area contributed by atoms with E-state index in [-0.39, 0.29) is 17.5 Å². The average Bonchev–Trinajstić information content (AvgIpc) is 2.83. The third kappa shape index (κ3) is 2.46. The molecule has 7 atom stereocenters. The quantitative estimate of drug-likeness (QED) is 0.682. The molecule has 0 aromatic heterocycles. The summed E-state index contributed by atoms with van der Waals surface area (Å²) in [6.45, 7) is 3.93. The SMILES string of the molecule is CC(=O)O[C@@H]1CC[C@@H]2[C@@H]3CC[C@@H]4CC(=O)CC[C@@H]4[C@@H]3CC[C@]21C. The third-order valence-electron chi connectivity index (χ3n) is 7.99. The minimum absolute atomic E-state index is 0.117. The predicted octanol–water partition coefficient (Wildman–Crippen LogP) is 4.14. The molecule has 0 amide bonds. The first-order valence-corrected chi connectivity index (χ1v) is 9.68. The van der Waals surface area contributed by atoms with Gasteiger partial charge in [0.25, 0.3) is 0 Å². The van der Waals surface area contributed by atoms with E-state index in [1.165, 1.54) is 32.1 Å². The number of fused-ring (bicyclic) bond motifs is 5. The van der Waals surface area contributed by atoms with Crippen molar-refractivity contribution in [1.82, 2.24) is 0 Å². The summed E-state index contributed by atoms with van der Waals surface area (Å²) in [5.74, 6) is 4.22. The Kier molecular flexibility index (Phi) is 3.81. The summed E-state index contributed by atoms with van der Waals surface area (Å²) in [7, 11) is 0. The molecule has 4 rings (SSSR count). The van der Waals surface area contributed by atoms with E-state index >= 15 is 0 Å². The lowest BCUT2D eigenvalue weighted by molar-refractivity contribution is -0.157. The van der Waals surface area contributed by atoms with Gasteiger partial charge in [0.15, 0.2) is 0 Å². The second-order valence-corrected chi connectivity index (χ2v) is 8.94. The van der Waals surface area contributed by atoms with Crippen LogP contribution in [0.5, 0.6) is 0 Å². The summed E-state index contributed by atoms with van der Waals surface area (Å²) in [4.78, 5) is 23.3. The van der Waals surface area contributed by atoms with E-state index in [0.717, 1.165) is 49.4 Å². The molecule has 4 saturated carbocycles. The molecule has 3 heteroatoms. The van der Waals surface area contributed by atoms with Crippen molar-refractivity contribution in [2.24, 2.45) is 35.0 Å². The maximum atomic E-state index is 11.8. The Hall–Kier alpha value is -0.860. The molecule has 0 aromatic carbocycles. The molecule has 0 aromatic rings. The maximum absolute atomic E-state index is 11.8. The molecule has 0 unspecified atom stereocenters. The van der Waals surface area contributed by atoms with Gasteiger partial charge in [-0.2, -0.15) is 0 Å². The number of carbonyl (C=O) groups is 2. The van der Waals surface area contributed by atoms with Gasteiger partial charge in [0.1, 0.15) is 11.9 Å². The normalized spacial score (nSPS) is 49.0. The van der Waals surface area contributed by atoms with Crippen LogP contribution in [0.4, 0.5) is 0 Å². The summed E-state index contributed by atoms with van der Waals surface area (Å²) in [6.07, 6.45) is 10.3. The molecule has 128 valence electrons. The first-order valence-electron chi connectivity index (χ1n) is 9.68. The minimum atomic E-state index is -0.117. The number of Topliss-reactive ketones (excluding diaryl/α,β-unsaturated/α-hetero) is 1. The number of hydrogen-bond acceptors (Lipinski definition) is 3. The fourth-order valence-corrected chi connectivity index (χ4v) is 7.01. The van der Waals surface area contributed by atoms with E-state index < -0.39 is 0 Å². The molecule has 23 heavy (non-hydrogen) atoms. The zero-order valence-corrected chi connectivity index (χ0v) is 14.6. The highest BCUT2D eigenvalue weighted by atomic mass is 16.5. The minimum Gasteiger partial charge on any atom is -0.462 e. The Morgan fingerprint density at radius 1 is 1.04 bits per heavy atom. The van der Waals surface area contributed by atoms with Crippen LogP contribution in [0, 0.1) is 35.0 Å². The Labute approximate surface area is 139 Å². The number of esters is 1. The van der Waals surface area contributed by atoms with E-state index in [2.05, 4.69) is 6.92 Å². The van der Waals surface area contributed by atoms with E-state index in [1.54, 1.807) is 6.92 Å². The molecule has 0 bridgehead atoms. The molecular weight excluding hydrogens is 288 g/mol. The van der Waals surface area contributed by atoms with Crippen LogP contribution in [0.25, 0.3) is 0 Å². The molecule has 4 fully saturated rings. The fraction of sp³-hybridized carbons (Fsp3) is 0.900. The monoisotopic (exact) mass is 318 g/mol. The van der Waals surface area contributed by atoms with Gasteiger partial charge in [-0.25, -0.2) is 0 Å². The van der Waals surface area contributed by atoms with Crippen molar-refractivity contribution in [1.29, 1.82) is 0 Å². The molecule has 3 nitrogen and oxygen atoms in total. The lowest BCUT2D eigenvalue weighted by Crippen LogP contribution is -2.50. The van der Waals surface area contributed by atoms with Gasteiger partial charge in [0.05, 0.1) is 0 Å². The summed E-state index contributed by atoms with van der Waals surface area (Å²) >= 11 is 0. The molecular formula is C20H30O3. The van der Waals surface area contributed by atoms with Gasteiger partial charge >= 0.3 is 5.97 Å². The molecule has 0 N–H and O–H groups in total. The number of ether oxygens (including phenoxy) is 1. The first kappa shape index (κ1) is 15.7. The van der Waals surface area contributed by atoms with Crippen molar-refractivity contribution in [3.63, 3.8) is 0 Å². The summed E-state index contributed by atoms with van der Waals surface area (Å²) in [5, 5.41) is 0. The van der Waals surface area contributed by atoms with Gasteiger partial charge in [-0.05, 0) is 74.5 Å². The largest absolute Gasteiger partial charge is 0.462 e. The van der Waals surface area contributed by atoms with Gasteiger partial charge in [-0.15, -0.1) is 0 Å².